The third kappa shape index (κ3) is 5.22. The fraction of sp³-hybridized carbons (Fsp3) is 0.308. The molecule has 2 amide bonds. The van der Waals surface area contributed by atoms with Crippen molar-refractivity contribution in [1.82, 2.24) is 9.80 Å². The highest BCUT2D eigenvalue weighted by Gasteiger charge is 2.33. The number of benzene rings is 2. The van der Waals surface area contributed by atoms with Crippen molar-refractivity contribution in [2.24, 2.45) is 0 Å². The summed E-state index contributed by atoms with van der Waals surface area (Å²) in [4.78, 5) is 31.0. The van der Waals surface area contributed by atoms with Crippen LogP contribution in [0.2, 0.25) is 0 Å². The molecule has 0 aliphatic carbocycles. The van der Waals surface area contributed by atoms with Crippen LogP contribution in [0.1, 0.15) is 33.8 Å². The van der Waals surface area contributed by atoms with Gasteiger partial charge in [-0.2, -0.15) is 0 Å². The average molecular weight is 483 g/mol. The minimum atomic E-state index is -0.375. The molecule has 0 radical (unpaired) electrons. The third-order valence-electron chi connectivity index (χ3n) is 5.93. The van der Waals surface area contributed by atoms with Crippen molar-refractivity contribution in [3.05, 3.63) is 81.8 Å². The number of hydrogen-bond acceptors (Lipinski definition) is 5. The molecule has 8 heteroatoms. The Morgan fingerprint density at radius 2 is 1.94 bits per heavy atom. The van der Waals surface area contributed by atoms with Gasteiger partial charge in [0.1, 0.15) is 30.5 Å². The van der Waals surface area contributed by atoms with Crippen LogP contribution in [-0.2, 0) is 11.2 Å². The van der Waals surface area contributed by atoms with Crippen LogP contribution in [0.4, 0.5) is 4.39 Å². The molecule has 178 valence electrons. The number of halogens is 1. The number of thiophene rings is 1. The summed E-state index contributed by atoms with van der Waals surface area (Å²) in [6.45, 7) is 2.94. The summed E-state index contributed by atoms with van der Waals surface area (Å²) in [5.41, 5.74) is 1.52. The molecular formula is C26H27FN2O4S. The molecule has 0 saturated carbocycles. The van der Waals surface area contributed by atoms with Gasteiger partial charge in [0.05, 0.1) is 13.2 Å². The summed E-state index contributed by atoms with van der Waals surface area (Å²) >= 11 is 1.66. The second-order valence-corrected chi connectivity index (χ2v) is 8.97. The normalized spacial score (nSPS) is 14.9. The van der Waals surface area contributed by atoms with Gasteiger partial charge >= 0.3 is 0 Å². The van der Waals surface area contributed by atoms with E-state index < -0.39 is 0 Å². The standard InChI is InChI=1S/C26H27FN2O4S/c1-3-28(26(31)18-6-4-8-20(14-18)32-2)16-25(30)29-12-10-24-22(11-13-34-24)23(29)17-33-21-9-5-7-19(27)15-21/h4-9,11,13-15,23H,3,10,12,16-17H2,1-2H3. The van der Waals surface area contributed by atoms with E-state index in [2.05, 4.69) is 0 Å². The molecule has 6 nitrogen and oxygen atoms in total. The van der Waals surface area contributed by atoms with Crippen molar-refractivity contribution in [3.8, 4) is 11.5 Å². The highest BCUT2D eigenvalue weighted by atomic mass is 32.1. The number of methoxy groups -OCH3 is 1. The number of fused-ring (bicyclic) bond motifs is 1. The van der Waals surface area contributed by atoms with Crippen molar-refractivity contribution < 1.29 is 23.5 Å². The number of rotatable bonds is 8. The molecule has 1 aliphatic rings. The van der Waals surface area contributed by atoms with E-state index in [9.17, 15) is 14.0 Å². The number of amides is 2. The molecule has 0 spiro atoms. The van der Waals surface area contributed by atoms with E-state index in [0.29, 0.717) is 30.2 Å². The maximum absolute atomic E-state index is 13.6. The molecule has 1 unspecified atom stereocenters. The first-order valence-electron chi connectivity index (χ1n) is 11.2. The monoisotopic (exact) mass is 482 g/mol. The lowest BCUT2D eigenvalue weighted by atomic mass is 10.0. The van der Waals surface area contributed by atoms with Crippen molar-refractivity contribution >= 4 is 23.2 Å². The second kappa shape index (κ2) is 10.7. The van der Waals surface area contributed by atoms with E-state index in [-0.39, 0.29) is 36.8 Å². The first-order chi connectivity index (χ1) is 16.5. The Balaban J connectivity index is 1.50. The smallest absolute Gasteiger partial charge is 0.254 e. The van der Waals surface area contributed by atoms with Gasteiger partial charge < -0.3 is 19.3 Å². The summed E-state index contributed by atoms with van der Waals surface area (Å²) in [6.07, 6.45) is 0.755. The predicted molar refractivity (Wildman–Crippen MR) is 129 cm³/mol. The number of carbonyl (C=O) groups is 2. The Bertz CT molecular complexity index is 1160. The maximum Gasteiger partial charge on any atom is 0.254 e. The van der Waals surface area contributed by atoms with E-state index in [0.717, 1.165) is 12.0 Å². The lowest BCUT2D eigenvalue weighted by Crippen LogP contribution is -2.47. The van der Waals surface area contributed by atoms with Gasteiger partial charge in [-0.15, -0.1) is 11.3 Å². The molecule has 2 heterocycles. The number of hydrogen-bond donors (Lipinski definition) is 0. The number of ether oxygens (including phenoxy) is 2. The Labute approximate surface area is 202 Å². The van der Waals surface area contributed by atoms with E-state index >= 15 is 0 Å². The SMILES string of the molecule is CCN(CC(=O)N1CCc2sccc2C1COc1cccc(F)c1)C(=O)c1cccc(OC)c1. The van der Waals surface area contributed by atoms with Gasteiger partial charge in [0.25, 0.3) is 5.91 Å². The molecule has 1 aliphatic heterocycles. The van der Waals surface area contributed by atoms with Crippen molar-refractivity contribution in [3.63, 3.8) is 0 Å². The summed E-state index contributed by atoms with van der Waals surface area (Å²) in [5, 5.41) is 2.01. The molecule has 2 aromatic carbocycles. The second-order valence-electron chi connectivity index (χ2n) is 7.97. The number of likely N-dealkylation sites (N-methyl/N-ethyl adjacent to an activating group) is 1. The van der Waals surface area contributed by atoms with Gasteiger partial charge in [-0.1, -0.05) is 12.1 Å². The molecule has 4 rings (SSSR count). The van der Waals surface area contributed by atoms with E-state index in [1.807, 2.05) is 18.4 Å². The number of nitrogens with zero attached hydrogens (tertiary/aromatic N) is 2. The molecular weight excluding hydrogens is 455 g/mol. The van der Waals surface area contributed by atoms with Gasteiger partial charge in [0.2, 0.25) is 5.91 Å². The average Bonchev–Trinajstić information content (AvgIpc) is 3.34. The van der Waals surface area contributed by atoms with Crippen LogP contribution in [0.15, 0.2) is 60.0 Å². The molecule has 34 heavy (non-hydrogen) atoms. The van der Waals surface area contributed by atoms with Crippen molar-refractivity contribution in [2.45, 2.75) is 19.4 Å². The minimum absolute atomic E-state index is 0.0392. The first kappa shape index (κ1) is 23.8. The number of carbonyl (C=O) groups excluding carboxylic acids is 2. The molecule has 0 saturated heterocycles. The summed E-state index contributed by atoms with van der Waals surface area (Å²) in [5.74, 6) is 0.250. The van der Waals surface area contributed by atoms with Crippen LogP contribution in [0.25, 0.3) is 0 Å². The Morgan fingerprint density at radius 3 is 2.71 bits per heavy atom. The van der Waals surface area contributed by atoms with Crippen LogP contribution in [-0.4, -0.2) is 55.0 Å². The maximum atomic E-state index is 13.6. The summed E-state index contributed by atoms with van der Waals surface area (Å²) < 4.78 is 24.7. The van der Waals surface area contributed by atoms with Crippen molar-refractivity contribution in [1.29, 1.82) is 0 Å². The third-order valence-corrected chi connectivity index (χ3v) is 6.93. The largest absolute Gasteiger partial charge is 0.497 e. The van der Waals surface area contributed by atoms with Gasteiger partial charge in [-0.3, -0.25) is 9.59 Å². The van der Waals surface area contributed by atoms with Crippen LogP contribution in [0, 0.1) is 5.82 Å². The zero-order valence-electron chi connectivity index (χ0n) is 19.2. The topological polar surface area (TPSA) is 59.1 Å². The van der Waals surface area contributed by atoms with Gasteiger partial charge in [0.15, 0.2) is 0 Å². The van der Waals surface area contributed by atoms with Crippen LogP contribution >= 0.6 is 11.3 Å². The molecule has 0 fully saturated rings. The van der Waals surface area contributed by atoms with Crippen LogP contribution in [0.5, 0.6) is 11.5 Å². The molecule has 0 N–H and O–H groups in total. The molecule has 0 bridgehead atoms. The molecule has 1 atom stereocenters. The highest BCUT2D eigenvalue weighted by Crippen LogP contribution is 2.34. The minimum Gasteiger partial charge on any atom is -0.497 e. The Hall–Kier alpha value is -3.39. The lowest BCUT2D eigenvalue weighted by Gasteiger charge is -2.37. The van der Waals surface area contributed by atoms with Crippen LogP contribution < -0.4 is 9.47 Å². The van der Waals surface area contributed by atoms with Gasteiger partial charge in [-0.05, 0) is 60.7 Å². The first-order valence-corrected chi connectivity index (χ1v) is 12.1. The molecule has 3 aromatic rings. The Morgan fingerprint density at radius 1 is 1.15 bits per heavy atom. The van der Waals surface area contributed by atoms with Gasteiger partial charge in [-0.25, -0.2) is 4.39 Å². The van der Waals surface area contributed by atoms with E-state index in [1.54, 1.807) is 59.7 Å². The summed E-state index contributed by atoms with van der Waals surface area (Å²) in [7, 11) is 1.55. The van der Waals surface area contributed by atoms with Gasteiger partial charge in [0, 0.05) is 29.6 Å². The fourth-order valence-electron chi connectivity index (χ4n) is 4.13. The highest BCUT2D eigenvalue weighted by molar-refractivity contribution is 7.10. The summed E-state index contributed by atoms with van der Waals surface area (Å²) in [6, 6.07) is 14.6. The zero-order chi connectivity index (χ0) is 24.1. The van der Waals surface area contributed by atoms with Crippen molar-refractivity contribution in [2.75, 3.05) is 33.4 Å². The molecule has 1 aromatic heterocycles. The fourth-order valence-corrected chi connectivity index (χ4v) is 5.05. The Kier molecular flexibility index (Phi) is 7.47. The lowest BCUT2D eigenvalue weighted by molar-refractivity contribution is -0.135. The predicted octanol–water partition coefficient (Wildman–Crippen LogP) is 4.56. The van der Waals surface area contributed by atoms with E-state index in [4.69, 9.17) is 9.47 Å². The zero-order valence-corrected chi connectivity index (χ0v) is 20.0. The van der Waals surface area contributed by atoms with E-state index in [1.165, 1.54) is 21.9 Å². The quantitative estimate of drug-likeness (QED) is 0.472. The van der Waals surface area contributed by atoms with Crippen LogP contribution in [0.3, 0.4) is 0 Å².